The molecule has 0 atom stereocenters. The zero-order chi connectivity index (χ0) is 23.1. The minimum absolute atomic E-state index is 0.0353. The van der Waals surface area contributed by atoms with E-state index >= 15 is 0 Å². The number of rotatable bonds is 6. The summed E-state index contributed by atoms with van der Waals surface area (Å²) in [7, 11) is 0. The summed E-state index contributed by atoms with van der Waals surface area (Å²) in [6, 6.07) is 2.96. The minimum Gasteiger partial charge on any atom is -0.466 e. The molecule has 0 bridgehead atoms. The van der Waals surface area contributed by atoms with Gasteiger partial charge in [0.05, 0.1) is 34.8 Å². The van der Waals surface area contributed by atoms with Crippen LogP contribution in [0.1, 0.15) is 19.0 Å². The molecule has 14 heteroatoms. The van der Waals surface area contributed by atoms with Crippen LogP contribution < -0.4 is 5.73 Å². The van der Waals surface area contributed by atoms with Crippen molar-refractivity contribution in [1.82, 2.24) is 14.4 Å². The molecule has 0 aliphatic rings. The Kier molecular flexibility index (Phi) is 8.38. The van der Waals surface area contributed by atoms with Crippen LogP contribution in [0.2, 0.25) is 0 Å². The number of halogens is 2. The third kappa shape index (κ3) is 6.68. The van der Waals surface area contributed by atoms with Crippen molar-refractivity contribution in [3.63, 3.8) is 0 Å². The van der Waals surface area contributed by atoms with E-state index in [-0.39, 0.29) is 29.6 Å². The maximum absolute atomic E-state index is 11.3. The molecule has 3 heterocycles. The summed E-state index contributed by atoms with van der Waals surface area (Å²) >= 11 is 6.13. The molecule has 0 unspecified atom stereocenters. The van der Waals surface area contributed by atoms with Gasteiger partial charge in [-0.3, -0.25) is 29.4 Å². The highest BCUT2D eigenvalue weighted by molar-refractivity contribution is 9.11. The molecule has 31 heavy (non-hydrogen) atoms. The number of ether oxygens (including phenoxy) is 1. The first kappa shape index (κ1) is 24.1. The number of nitrogens with zero attached hydrogens (tertiary/aromatic N) is 5. The van der Waals surface area contributed by atoms with Crippen LogP contribution in [0.15, 0.2) is 39.7 Å². The van der Waals surface area contributed by atoms with E-state index in [0.717, 1.165) is 6.20 Å². The summed E-state index contributed by atoms with van der Waals surface area (Å²) in [5, 5.41) is 21.1. The van der Waals surface area contributed by atoms with Gasteiger partial charge in [-0.2, -0.15) is 0 Å². The molecule has 0 spiro atoms. The summed E-state index contributed by atoms with van der Waals surface area (Å²) in [6.07, 6.45) is 4.85. The molecule has 12 nitrogen and oxygen atoms in total. The fourth-order valence-electron chi connectivity index (χ4n) is 2.34. The van der Waals surface area contributed by atoms with Gasteiger partial charge in [-0.25, -0.2) is 9.97 Å². The third-order valence-electron chi connectivity index (χ3n) is 3.71. The second-order valence-electron chi connectivity index (χ2n) is 5.88. The Labute approximate surface area is 192 Å². The number of imidazole rings is 1. The summed E-state index contributed by atoms with van der Waals surface area (Å²) < 4.78 is 7.13. The number of hydrogen-bond acceptors (Lipinski definition) is 9. The Hall–Kier alpha value is -3.13. The SMILES string of the molecule is CCOC(=O)CCc1cn2cc([N+](=O)[O-])c(Br)cc2n1.Nc1cc(Br)c([N+](=O)[O-])cn1. The van der Waals surface area contributed by atoms with E-state index in [4.69, 9.17) is 10.5 Å². The molecule has 3 aromatic rings. The average molecular weight is 560 g/mol. The van der Waals surface area contributed by atoms with E-state index in [0.29, 0.717) is 33.3 Å². The lowest BCUT2D eigenvalue weighted by Crippen LogP contribution is -2.05. The summed E-state index contributed by atoms with van der Waals surface area (Å²) in [5.74, 6) is -0.0285. The molecule has 0 aliphatic carbocycles. The number of esters is 1. The van der Waals surface area contributed by atoms with Gasteiger partial charge in [-0.05, 0) is 38.8 Å². The van der Waals surface area contributed by atoms with Gasteiger partial charge in [0.25, 0.3) is 5.69 Å². The van der Waals surface area contributed by atoms with Crippen molar-refractivity contribution >= 4 is 60.7 Å². The molecule has 3 aromatic heterocycles. The molecule has 0 amide bonds. The van der Waals surface area contributed by atoms with Gasteiger partial charge in [0.1, 0.15) is 26.6 Å². The van der Waals surface area contributed by atoms with Crippen molar-refractivity contribution in [1.29, 1.82) is 0 Å². The monoisotopic (exact) mass is 558 g/mol. The number of aromatic nitrogens is 3. The average Bonchev–Trinajstić information content (AvgIpc) is 3.07. The predicted molar refractivity (Wildman–Crippen MR) is 118 cm³/mol. The van der Waals surface area contributed by atoms with Gasteiger partial charge in [0.15, 0.2) is 0 Å². The number of anilines is 1. The number of carbonyl (C=O) groups is 1. The van der Waals surface area contributed by atoms with Gasteiger partial charge in [-0.15, -0.1) is 0 Å². The van der Waals surface area contributed by atoms with Gasteiger partial charge in [-0.1, -0.05) is 0 Å². The van der Waals surface area contributed by atoms with Gasteiger partial charge < -0.3 is 10.5 Å². The molecular weight excluding hydrogens is 544 g/mol. The Morgan fingerprint density at radius 3 is 2.39 bits per heavy atom. The number of nitro groups is 2. The van der Waals surface area contributed by atoms with E-state index in [2.05, 4.69) is 41.8 Å². The number of nitrogens with two attached hydrogens (primary N) is 1. The first-order chi connectivity index (χ1) is 14.6. The molecule has 3 rings (SSSR count). The predicted octanol–water partition coefficient (Wildman–Crippen LogP) is 3.84. The Balaban J connectivity index is 0.000000262. The Bertz CT molecular complexity index is 1140. The fraction of sp³-hybridized carbons (Fsp3) is 0.235. The van der Waals surface area contributed by atoms with E-state index in [1.54, 1.807) is 23.6 Å². The van der Waals surface area contributed by atoms with Crippen LogP contribution in [0.25, 0.3) is 5.65 Å². The smallest absolute Gasteiger partial charge is 0.306 e. The minimum atomic E-state index is -0.531. The molecule has 164 valence electrons. The normalized spacial score (nSPS) is 10.3. The van der Waals surface area contributed by atoms with Gasteiger partial charge >= 0.3 is 11.7 Å². The zero-order valence-electron chi connectivity index (χ0n) is 16.0. The maximum atomic E-state index is 11.3. The van der Waals surface area contributed by atoms with Crippen LogP contribution in [0, 0.1) is 20.2 Å². The second kappa shape index (κ2) is 10.8. The highest BCUT2D eigenvalue weighted by Crippen LogP contribution is 2.26. The fourth-order valence-corrected chi connectivity index (χ4v) is 3.28. The van der Waals surface area contributed by atoms with Gasteiger partial charge in [0.2, 0.25) is 0 Å². The molecule has 0 aromatic carbocycles. The Morgan fingerprint density at radius 2 is 1.81 bits per heavy atom. The highest BCUT2D eigenvalue weighted by atomic mass is 79.9. The summed E-state index contributed by atoms with van der Waals surface area (Å²) in [6.45, 7) is 2.10. The lowest BCUT2D eigenvalue weighted by atomic mass is 10.2. The molecule has 0 saturated heterocycles. The molecule has 0 saturated carbocycles. The first-order valence-corrected chi connectivity index (χ1v) is 10.2. The van der Waals surface area contributed by atoms with Crippen molar-refractivity contribution in [2.24, 2.45) is 0 Å². The molecular formula is C17H16Br2N6O6. The van der Waals surface area contributed by atoms with Crippen molar-refractivity contribution in [3.05, 3.63) is 65.6 Å². The van der Waals surface area contributed by atoms with Crippen molar-refractivity contribution in [3.8, 4) is 0 Å². The van der Waals surface area contributed by atoms with E-state index in [9.17, 15) is 25.0 Å². The number of aryl methyl sites for hydroxylation is 1. The summed E-state index contributed by atoms with van der Waals surface area (Å²) in [4.78, 5) is 39.2. The topological polar surface area (TPSA) is 169 Å². The zero-order valence-corrected chi connectivity index (χ0v) is 19.2. The van der Waals surface area contributed by atoms with Crippen molar-refractivity contribution in [2.75, 3.05) is 12.3 Å². The Morgan fingerprint density at radius 1 is 1.16 bits per heavy atom. The molecule has 2 N–H and O–H groups in total. The van der Waals surface area contributed by atoms with Crippen LogP contribution in [0.4, 0.5) is 17.2 Å². The third-order valence-corrected chi connectivity index (χ3v) is 4.98. The number of carbonyl (C=O) groups excluding carboxylic acids is 1. The summed E-state index contributed by atoms with van der Waals surface area (Å²) in [5.41, 5.74) is 6.41. The van der Waals surface area contributed by atoms with E-state index in [1.807, 2.05) is 0 Å². The lowest BCUT2D eigenvalue weighted by molar-refractivity contribution is -0.386. The number of pyridine rings is 2. The maximum Gasteiger partial charge on any atom is 0.306 e. The van der Waals surface area contributed by atoms with E-state index < -0.39 is 9.85 Å². The van der Waals surface area contributed by atoms with Crippen LogP contribution >= 0.6 is 31.9 Å². The molecule has 0 radical (unpaired) electrons. The highest BCUT2D eigenvalue weighted by Gasteiger charge is 2.15. The lowest BCUT2D eigenvalue weighted by Gasteiger charge is -1.98. The number of hydrogen-bond donors (Lipinski definition) is 1. The quantitative estimate of drug-likeness (QED) is 0.268. The van der Waals surface area contributed by atoms with Crippen LogP contribution in [-0.4, -0.2) is 36.8 Å². The number of nitrogen functional groups attached to an aromatic ring is 1. The van der Waals surface area contributed by atoms with Crippen molar-refractivity contribution in [2.45, 2.75) is 19.8 Å². The first-order valence-electron chi connectivity index (χ1n) is 8.65. The molecule has 0 fully saturated rings. The van der Waals surface area contributed by atoms with Crippen molar-refractivity contribution < 1.29 is 19.4 Å². The number of fused-ring (bicyclic) bond motifs is 1. The van der Waals surface area contributed by atoms with E-state index in [1.165, 1.54) is 12.3 Å². The van der Waals surface area contributed by atoms with Gasteiger partial charge in [0, 0.05) is 24.8 Å². The largest absolute Gasteiger partial charge is 0.466 e. The van der Waals surface area contributed by atoms with Crippen LogP contribution in [0.5, 0.6) is 0 Å². The molecule has 0 aliphatic heterocycles. The second-order valence-corrected chi connectivity index (χ2v) is 7.59. The van der Waals surface area contributed by atoms with Crippen LogP contribution in [-0.2, 0) is 16.0 Å². The standard InChI is InChI=1S/C12H12BrN3O4.C5H4BrN3O2/c1-2-20-12(17)4-3-8-6-15-7-10(16(18)19)9(13)5-11(15)14-8;6-3-1-5(7)8-2-4(3)9(10)11/h5-7H,2-4H2,1H3;1-2H,(H2,7,8). The van der Waals surface area contributed by atoms with Crippen LogP contribution in [0.3, 0.4) is 0 Å².